The van der Waals surface area contributed by atoms with Crippen molar-refractivity contribution >= 4 is 27.3 Å². The maximum atomic E-state index is 12.7. The summed E-state index contributed by atoms with van der Waals surface area (Å²) in [5.74, 6) is -0.334. The quantitative estimate of drug-likeness (QED) is 0.822. The van der Waals surface area contributed by atoms with E-state index in [2.05, 4.69) is 17.4 Å². The van der Waals surface area contributed by atoms with Gasteiger partial charge in [0.1, 0.15) is 4.21 Å². The smallest absolute Gasteiger partial charge is 0.252 e. The Hall–Kier alpha value is -1.70. The van der Waals surface area contributed by atoms with Gasteiger partial charge in [0.05, 0.1) is 5.92 Å². The molecule has 1 N–H and O–H groups in total. The van der Waals surface area contributed by atoms with Crippen molar-refractivity contribution in [3.8, 4) is 0 Å². The van der Waals surface area contributed by atoms with Crippen LogP contribution < -0.4 is 5.32 Å². The SMILES string of the molecule is Cc1cccc(CCNC(=O)C2CCCN(S(=O)(=O)c3cccs3)C2)c1. The first-order valence-electron chi connectivity index (χ1n) is 8.84. The zero-order chi connectivity index (χ0) is 18.6. The lowest BCUT2D eigenvalue weighted by Crippen LogP contribution is -2.45. The van der Waals surface area contributed by atoms with Crippen LogP contribution in [-0.2, 0) is 21.2 Å². The highest BCUT2D eigenvalue weighted by Gasteiger charge is 2.33. The second-order valence-electron chi connectivity index (χ2n) is 6.66. The van der Waals surface area contributed by atoms with E-state index < -0.39 is 10.0 Å². The van der Waals surface area contributed by atoms with Gasteiger partial charge >= 0.3 is 0 Å². The molecule has 2 heterocycles. The molecule has 1 aliphatic rings. The first kappa shape index (κ1) is 19.1. The van der Waals surface area contributed by atoms with Gasteiger partial charge in [-0.3, -0.25) is 4.79 Å². The summed E-state index contributed by atoms with van der Waals surface area (Å²) >= 11 is 1.22. The predicted octanol–water partition coefficient (Wildman–Crippen LogP) is 2.82. The summed E-state index contributed by atoms with van der Waals surface area (Å²) in [4.78, 5) is 12.5. The van der Waals surface area contributed by atoms with E-state index in [1.807, 2.05) is 19.1 Å². The Morgan fingerprint density at radius 3 is 2.88 bits per heavy atom. The van der Waals surface area contributed by atoms with Gasteiger partial charge in [-0.1, -0.05) is 35.9 Å². The van der Waals surface area contributed by atoms with E-state index in [4.69, 9.17) is 0 Å². The van der Waals surface area contributed by atoms with Crippen molar-refractivity contribution < 1.29 is 13.2 Å². The summed E-state index contributed by atoms with van der Waals surface area (Å²) in [6, 6.07) is 11.6. The van der Waals surface area contributed by atoms with E-state index in [0.29, 0.717) is 23.7 Å². The molecule has 1 aliphatic heterocycles. The van der Waals surface area contributed by atoms with Crippen LogP contribution in [0.3, 0.4) is 0 Å². The highest BCUT2D eigenvalue weighted by Crippen LogP contribution is 2.26. The van der Waals surface area contributed by atoms with Crippen LogP contribution in [0.2, 0.25) is 0 Å². The summed E-state index contributed by atoms with van der Waals surface area (Å²) in [6.07, 6.45) is 2.21. The molecule has 1 atom stereocenters. The molecule has 1 amide bonds. The zero-order valence-electron chi connectivity index (χ0n) is 14.8. The minimum atomic E-state index is -3.48. The van der Waals surface area contributed by atoms with Gasteiger partial charge in [-0.2, -0.15) is 4.31 Å². The Kier molecular flexibility index (Phi) is 6.11. The summed E-state index contributed by atoms with van der Waals surface area (Å²) in [7, 11) is -3.48. The molecular formula is C19H24N2O3S2. The van der Waals surface area contributed by atoms with Crippen LogP contribution in [0.4, 0.5) is 0 Å². The van der Waals surface area contributed by atoms with E-state index in [1.54, 1.807) is 17.5 Å². The molecule has 3 rings (SSSR count). The summed E-state index contributed by atoms with van der Waals surface area (Å²) < 4.78 is 27.1. The number of benzene rings is 1. The third-order valence-electron chi connectivity index (χ3n) is 4.64. The van der Waals surface area contributed by atoms with E-state index in [0.717, 1.165) is 12.8 Å². The molecule has 2 aromatic rings. The van der Waals surface area contributed by atoms with Gasteiger partial charge in [0.15, 0.2) is 0 Å². The molecule has 1 unspecified atom stereocenters. The first-order chi connectivity index (χ1) is 12.5. The number of sulfonamides is 1. The molecule has 140 valence electrons. The Morgan fingerprint density at radius 2 is 2.15 bits per heavy atom. The van der Waals surface area contributed by atoms with Gasteiger partial charge in [0.25, 0.3) is 10.0 Å². The normalized spacial score (nSPS) is 18.6. The zero-order valence-corrected chi connectivity index (χ0v) is 16.5. The second kappa shape index (κ2) is 8.33. The maximum Gasteiger partial charge on any atom is 0.252 e. The van der Waals surface area contributed by atoms with Crippen LogP contribution >= 0.6 is 11.3 Å². The summed E-state index contributed by atoms with van der Waals surface area (Å²) in [6.45, 7) is 3.35. The molecule has 5 nitrogen and oxygen atoms in total. The largest absolute Gasteiger partial charge is 0.355 e. The van der Waals surface area contributed by atoms with Gasteiger partial charge in [-0.25, -0.2) is 8.42 Å². The number of rotatable bonds is 6. The van der Waals surface area contributed by atoms with Gasteiger partial charge in [0.2, 0.25) is 5.91 Å². The number of hydrogen-bond acceptors (Lipinski definition) is 4. The van der Waals surface area contributed by atoms with Crippen LogP contribution in [0.25, 0.3) is 0 Å². The van der Waals surface area contributed by atoms with Crippen molar-refractivity contribution in [3.05, 3.63) is 52.9 Å². The Labute approximate surface area is 159 Å². The van der Waals surface area contributed by atoms with Crippen LogP contribution in [0.5, 0.6) is 0 Å². The predicted molar refractivity (Wildman–Crippen MR) is 104 cm³/mol. The lowest BCUT2D eigenvalue weighted by atomic mass is 9.98. The van der Waals surface area contributed by atoms with E-state index in [1.165, 1.54) is 26.8 Å². The minimum Gasteiger partial charge on any atom is -0.355 e. The van der Waals surface area contributed by atoms with Crippen LogP contribution in [-0.4, -0.2) is 38.3 Å². The minimum absolute atomic E-state index is 0.0521. The molecule has 0 spiro atoms. The van der Waals surface area contributed by atoms with Crippen molar-refractivity contribution in [3.63, 3.8) is 0 Å². The fourth-order valence-corrected chi connectivity index (χ4v) is 5.92. The molecule has 0 bridgehead atoms. The monoisotopic (exact) mass is 392 g/mol. The summed E-state index contributed by atoms with van der Waals surface area (Å²) in [5.41, 5.74) is 2.39. The third-order valence-corrected chi connectivity index (χ3v) is 7.88. The van der Waals surface area contributed by atoms with E-state index in [9.17, 15) is 13.2 Å². The highest BCUT2D eigenvalue weighted by molar-refractivity contribution is 7.91. The lowest BCUT2D eigenvalue weighted by molar-refractivity contribution is -0.126. The van der Waals surface area contributed by atoms with Crippen molar-refractivity contribution in [1.29, 1.82) is 0 Å². The van der Waals surface area contributed by atoms with Gasteiger partial charge in [0, 0.05) is 19.6 Å². The summed E-state index contributed by atoms with van der Waals surface area (Å²) in [5, 5.41) is 4.73. The number of carbonyl (C=O) groups excluding carboxylic acids is 1. The standard InChI is InChI=1S/C19H24N2O3S2/c1-15-5-2-6-16(13-15)9-10-20-19(22)17-7-3-11-21(14-17)26(23,24)18-8-4-12-25-18/h2,4-6,8,12-13,17H,3,7,9-11,14H2,1H3,(H,20,22). The molecule has 1 aromatic carbocycles. The van der Waals surface area contributed by atoms with Crippen molar-refractivity contribution in [2.45, 2.75) is 30.4 Å². The lowest BCUT2D eigenvalue weighted by Gasteiger charge is -2.30. The molecule has 0 radical (unpaired) electrons. The number of thiophene rings is 1. The van der Waals surface area contributed by atoms with Gasteiger partial charge < -0.3 is 5.32 Å². The third kappa shape index (κ3) is 4.52. The molecule has 1 aromatic heterocycles. The molecule has 7 heteroatoms. The number of nitrogens with one attached hydrogen (secondary N) is 1. The molecule has 0 saturated carbocycles. The number of amides is 1. The molecule has 26 heavy (non-hydrogen) atoms. The maximum absolute atomic E-state index is 12.7. The molecular weight excluding hydrogens is 368 g/mol. The fourth-order valence-electron chi connectivity index (χ4n) is 3.25. The second-order valence-corrected chi connectivity index (χ2v) is 9.78. The van der Waals surface area contributed by atoms with Crippen molar-refractivity contribution in [2.24, 2.45) is 5.92 Å². The average molecular weight is 393 g/mol. The van der Waals surface area contributed by atoms with Gasteiger partial charge in [-0.15, -0.1) is 11.3 Å². The molecule has 1 fully saturated rings. The van der Waals surface area contributed by atoms with E-state index >= 15 is 0 Å². The molecule has 0 aliphatic carbocycles. The Balaban J connectivity index is 1.55. The fraction of sp³-hybridized carbons (Fsp3) is 0.421. The number of nitrogens with zero attached hydrogens (tertiary/aromatic N) is 1. The number of carbonyl (C=O) groups is 1. The first-order valence-corrected chi connectivity index (χ1v) is 11.2. The van der Waals surface area contributed by atoms with Crippen LogP contribution in [0.1, 0.15) is 24.0 Å². The van der Waals surface area contributed by atoms with Crippen molar-refractivity contribution in [1.82, 2.24) is 9.62 Å². The van der Waals surface area contributed by atoms with Crippen LogP contribution in [0, 0.1) is 12.8 Å². The Morgan fingerprint density at radius 1 is 1.31 bits per heavy atom. The number of hydrogen-bond donors (Lipinski definition) is 1. The van der Waals surface area contributed by atoms with Crippen molar-refractivity contribution in [2.75, 3.05) is 19.6 Å². The van der Waals surface area contributed by atoms with E-state index in [-0.39, 0.29) is 18.4 Å². The van der Waals surface area contributed by atoms with Crippen LogP contribution in [0.15, 0.2) is 46.0 Å². The number of aryl methyl sites for hydroxylation is 1. The topological polar surface area (TPSA) is 66.5 Å². The average Bonchev–Trinajstić information content (AvgIpc) is 3.17. The number of piperidine rings is 1. The highest BCUT2D eigenvalue weighted by atomic mass is 32.2. The van der Waals surface area contributed by atoms with Gasteiger partial charge in [-0.05, 0) is 43.2 Å². The Bertz CT molecular complexity index is 847. The molecule has 1 saturated heterocycles.